The Morgan fingerprint density at radius 2 is 2.26 bits per heavy atom. The highest BCUT2D eigenvalue weighted by Crippen LogP contribution is 2.06. The van der Waals surface area contributed by atoms with Crippen LogP contribution in [-0.2, 0) is 14.3 Å². The predicted octanol–water partition coefficient (Wildman–Crippen LogP) is -0.844. The molecule has 0 bridgehead atoms. The number of hydrogen-bond acceptors (Lipinski definition) is 5. The fraction of sp³-hybridized carbons (Fsp3) is 0.923. The quantitative estimate of drug-likeness (QED) is 0.722. The van der Waals surface area contributed by atoms with Crippen molar-refractivity contribution in [2.24, 2.45) is 0 Å². The highest BCUT2D eigenvalue weighted by molar-refractivity contribution is 5.82. The zero-order valence-corrected chi connectivity index (χ0v) is 11.8. The van der Waals surface area contributed by atoms with E-state index in [9.17, 15) is 4.79 Å². The molecule has 1 amide bonds. The number of nitrogens with one attached hydrogen (secondary N) is 1. The van der Waals surface area contributed by atoms with Crippen molar-refractivity contribution in [3.05, 3.63) is 0 Å². The molecule has 19 heavy (non-hydrogen) atoms. The average molecular weight is 271 g/mol. The SMILES string of the molecule is COCCN1CCCN(C(=O)C2COCCN2)CC1. The average Bonchev–Trinajstić information content (AvgIpc) is 2.71. The van der Waals surface area contributed by atoms with Crippen molar-refractivity contribution >= 4 is 5.91 Å². The summed E-state index contributed by atoms with van der Waals surface area (Å²) >= 11 is 0. The van der Waals surface area contributed by atoms with Gasteiger partial charge in [-0.15, -0.1) is 0 Å². The van der Waals surface area contributed by atoms with Crippen molar-refractivity contribution in [1.29, 1.82) is 0 Å². The van der Waals surface area contributed by atoms with E-state index in [1.54, 1.807) is 7.11 Å². The number of morpholine rings is 1. The van der Waals surface area contributed by atoms with Crippen LogP contribution in [0.25, 0.3) is 0 Å². The van der Waals surface area contributed by atoms with Crippen LogP contribution in [0.4, 0.5) is 0 Å². The van der Waals surface area contributed by atoms with Gasteiger partial charge in [0.2, 0.25) is 5.91 Å². The molecule has 0 aliphatic carbocycles. The lowest BCUT2D eigenvalue weighted by molar-refractivity contribution is -0.136. The minimum atomic E-state index is -0.153. The number of nitrogens with zero attached hydrogens (tertiary/aromatic N) is 2. The van der Waals surface area contributed by atoms with Crippen LogP contribution in [0.15, 0.2) is 0 Å². The van der Waals surface area contributed by atoms with Gasteiger partial charge in [-0.05, 0) is 13.0 Å². The van der Waals surface area contributed by atoms with Crippen LogP contribution >= 0.6 is 0 Å². The van der Waals surface area contributed by atoms with E-state index < -0.39 is 0 Å². The van der Waals surface area contributed by atoms with Crippen molar-refractivity contribution in [2.45, 2.75) is 12.5 Å². The largest absolute Gasteiger partial charge is 0.383 e. The number of amides is 1. The molecule has 2 saturated heterocycles. The molecule has 110 valence electrons. The summed E-state index contributed by atoms with van der Waals surface area (Å²) < 4.78 is 10.5. The van der Waals surface area contributed by atoms with Gasteiger partial charge in [0, 0.05) is 39.8 Å². The molecule has 0 radical (unpaired) electrons. The summed E-state index contributed by atoms with van der Waals surface area (Å²) in [6.07, 6.45) is 1.03. The number of methoxy groups -OCH3 is 1. The summed E-state index contributed by atoms with van der Waals surface area (Å²) in [4.78, 5) is 16.7. The molecule has 0 aromatic heterocycles. The highest BCUT2D eigenvalue weighted by Gasteiger charge is 2.27. The summed E-state index contributed by atoms with van der Waals surface area (Å²) in [5.41, 5.74) is 0. The van der Waals surface area contributed by atoms with Crippen LogP contribution in [0.1, 0.15) is 6.42 Å². The zero-order chi connectivity index (χ0) is 13.5. The molecule has 2 aliphatic heterocycles. The van der Waals surface area contributed by atoms with Crippen LogP contribution in [0.2, 0.25) is 0 Å². The van der Waals surface area contributed by atoms with Gasteiger partial charge in [0.1, 0.15) is 6.04 Å². The van der Waals surface area contributed by atoms with E-state index in [4.69, 9.17) is 9.47 Å². The van der Waals surface area contributed by atoms with E-state index in [-0.39, 0.29) is 11.9 Å². The lowest BCUT2D eigenvalue weighted by Gasteiger charge is -2.29. The third kappa shape index (κ3) is 4.42. The van der Waals surface area contributed by atoms with Crippen molar-refractivity contribution in [3.63, 3.8) is 0 Å². The van der Waals surface area contributed by atoms with Gasteiger partial charge in [0.15, 0.2) is 0 Å². The lowest BCUT2D eigenvalue weighted by atomic mass is 10.2. The Balaban J connectivity index is 1.79. The molecule has 0 aromatic rings. The minimum Gasteiger partial charge on any atom is -0.383 e. The van der Waals surface area contributed by atoms with Crippen molar-refractivity contribution in [2.75, 3.05) is 66.2 Å². The van der Waals surface area contributed by atoms with Crippen molar-refractivity contribution in [3.8, 4) is 0 Å². The summed E-state index contributed by atoms with van der Waals surface area (Å²) in [5, 5.41) is 3.23. The molecule has 2 aliphatic rings. The maximum absolute atomic E-state index is 12.4. The van der Waals surface area contributed by atoms with Crippen LogP contribution in [-0.4, -0.2) is 87.9 Å². The summed E-state index contributed by atoms with van der Waals surface area (Å²) in [5.74, 6) is 0.188. The second kappa shape index (κ2) is 7.79. The predicted molar refractivity (Wildman–Crippen MR) is 72.1 cm³/mol. The monoisotopic (exact) mass is 271 g/mol. The molecular weight excluding hydrogens is 246 g/mol. The zero-order valence-electron chi connectivity index (χ0n) is 11.8. The van der Waals surface area contributed by atoms with Crippen LogP contribution in [0, 0.1) is 0 Å². The van der Waals surface area contributed by atoms with E-state index in [0.717, 1.165) is 52.3 Å². The Kier molecular flexibility index (Phi) is 6.03. The van der Waals surface area contributed by atoms with E-state index >= 15 is 0 Å². The highest BCUT2D eigenvalue weighted by atomic mass is 16.5. The Morgan fingerprint density at radius 1 is 1.37 bits per heavy atom. The van der Waals surface area contributed by atoms with Gasteiger partial charge in [-0.3, -0.25) is 9.69 Å². The maximum Gasteiger partial charge on any atom is 0.242 e. The molecule has 0 spiro atoms. The molecule has 6 heteroatoms. The first-order chi connectivity index (χ1) is 9.31. The summed E-state index contributed by atoms with van der Waals surface area (Å²) in [7, 11) is 1.72. The molecule has 2 rings (SSSR count). The fourth-order valence-corrected chi connectivity index (χ4v) is 2.58. The second-order valence-electron chi connectivity index (χ2n) is 5.09. The van der Waals surface area contributed by atoms with E-state index in [2.05, 4.69) is 10.2 Å². The van der Waals surface area contributed by atoms with E-state index in [1.165, 1.54) is 0 Å². The summed E-state index contributed by atoms with van der Waals surface area (Å²) in [6.45, 7) is 7.31. The molecule has 2 heterocycles. The Bertz CT molecular complexity index is 282. The maximum atomic E-state index is 12.4. The van der Waals surface area contributed by atoms with Gasteiger partial charge in [-0.25, -0.2) is 0 Å². The van der Waals surface area contributed by atoms with Gasteiger partial charge >= 0.3 is 0 Å². The topological polar surface area (TPSA) is 54.0 Å². The van der Waals surface area contributed by atoms with Crippen LogP contribution in [0.5, 0.6) is 0 Å². The number of carbonyl (C=O) groups excluding carboxylic acids is 1. The molecule has 1 N–H and O–H groups in total. The standard InChI is InChI=1S/C13H25N3O3/c1-18-10-8-15-4-2-5-16(7-6-15)13(17)12-11-19-9-3-14-12/h12,14H,2-11H2,1H3. The van der Waals surface area contributed by atoms with Crippen LogP contribution in [0.3, 0.4) is 0 Å². The van der Waals surface area contributed by atoms with E-state index in [0.29, 0.717) is 13.2 Å². The Morgan fingerprint density at radius 3 is 3.00 bits per heavy atom. The minimum absolute atomic E-state index is 0.153. The lowest BCUT2D eigenvalue weighted by Crippen LogP contribution is -2.53. The van der Waals surface area contributed by atoms with E-state index in [1.807, 2.05) is 4.90 Å². The second-order valence-corrected chi connectivity index (χ2v) is 5.09. The third-order valence-electron chi connectivity index (χ3n) is 3.73. The van der Waals surface area contributed by atoms with Gasteiger partial charge in [-0.1, -0.05) is 0 Å². The van der Waals surface area contributed by atoms with Crippen LogP contribution < -0.4 is 5.32 Å². The summed E-state index contributed by atoms with van der Waals surface area (Å²) in [6, 6.07) is -0.153. The molecule has 2 fully saturated rings. The van der Waals surface area contributed by atoms with Gasteiger partial charge in [-0.2, -0.15) is 0 Å². The first-order valence-electron chi connectivity index (χ1n) is 7.12. The van der Waals surface area contributed by atoms with Crippen molar-refractivity contribution < 1.29 is 14.3 Å². The number of carbonyl (C=O) groups is 1. The molecule has 0 saturated carbocycles. The normalized spacial score (nSPS) is 26.2. The number of hydrogen-bond donors (Lipinski definition) is 1. The van der Waals surface area contributed by atoms with Gasteiger partial charge in [0.25, 0.3) is 0 Å². The first-order valence-corrected chi connectivity index (χ1v) is 7.12. The third-order valence-corrected chi connectivity index (χ3v) is 3.73. The molecule has 6 nitrogen and oxygen atoms in total. The Hall–Kier alpha value is -0.690. The Labute approximate surface area is 115 Å². The van der Waals surface area contributed by atoms with Gasteiger partial charge < -0.3 is 19.7 Å². The molecule has 0 aromatic carbocycles. The fourth-order valence-electron chi connectivity index (χ4n) is 2.58. The van der Waals surface area contributed by atoms with Crippen molar-refractivity contribution in [1.82, 2.24) is 15.1 Å². The first kappa shape index (κ1) is 14.7. The van der Waals surface area contributed by atoms with Gasteiger partial charge in [0.05, 0.1) is 19.8 Å². The molecule has 1 unspecified atom stereocenters. The number of ether oxygens (including phenoxy) is 2. The smallest absolute Gasteiger partial charge is 0.242 e. The molecule has 1 atom stereocenters. The number of rotatable bonds is 4. The molecular formula is C13H25N3O3.